The third-order valence-corrected chi connectivity index (χ3v) is 8.89. The summed E-state index contributed by atoms with van der Waals surface area (Å²) >= 11 is 0. The molecule has 0 saturated carbocycles. The van der Waals surface area contributed by atoms with Crippen molar-refractivity contribution in [2.24, 2.45) is 0 Å². The van der Waals surface area contributed by atoms with Crippen molar-refractivity contribution in [2.45, 2.75) is 36.2 Å². The van der Waals surface area contributed by atoms with Crippen molar-refractivity contribution in [1.29, 1.82) is 0 Å². The van der Waals surface area contributed by atoms with Gasteiger partial charge in [-0.05, 0) is 38.6 Å². The van der Waals surface area contributed by atoms with Crippen LogP contribution >= 0.6 is 0 Å². The minimum atomic E-state index is -3.78. The number of anilines is 1. The molecule has 35 heavy (non-hydrogen) atoms. The van der Waals surface area contributed by atoms with Crippen LogP contribution in [0.2, 0.25) is 0 Å². The molecule has 4 aromatic rings. The molecule has 0 aliphatic carbocycles. The summed E-state index contributed by atoms with van der Waals surface area (Å²) in [5.74, 6) is 0.480. The minimum absolute atomic E-state index is 0.00277. The fourth-order valence-electron chi connectivity index (χ4n) is 4.18. The molecule has 1 aliphatic rings. The van der Waals surface area contributed by atoms with Crippen molar-refractivity contribution in [3.05, 3.63) is 65.9 Å². The number of nitrogens with one attached hydrogen (secondary N) is 1. The maximum absolute atomic E-state index is 15.1. The van der Waals surface area contributed by atoms with Crippen LogP contribution in [0.25, 0.3) is 34.0 Å². The lowest BCUT2D eigenvalue weighted by Crippen LogP contribution is -2.30. The number of benzene rings is 2. The quantitative estimate of drug-likeness (QED) is 0.421. The first-order valence-electron chi connectivity index (χ1n) is 11.0. The molecule has 180 valence electrons. The van der Waals surface area contributed by atoms with Gasteiger partial charge in [0.05, 0.1) is 16.8 Å². The third kappa shape index (κ3) is 3.69. The van der Waals surface area contributed by atoms with Gasteiger partial charge in [-0.2, -0.15) is 0 Å². The molecule has 1 unspecified atom stereocenters. The maximum Gasteiger partial charge on any atom is 0.189 e. The number of hydrogen-bond donors (Lipinski definition) is 2. The van der Waals surface area contributed by atoms with Crippen molar-refractivity contribution in [3.8, 4) is 34.0 Å². The molecule has 1 atom stereocenters. The number of sulfone groups is 1. The van der Waals surface area contributed by atoms with Gasteiger partial charge in [-0.3, -0.25) is 0 Å². The molecular weight excluding hydrogens is 469 g/mol. The van der Waals surface area contributed by atoms with Gasteiger partial charge in [0.1, 0.15) is 16.6 Å². The van der Waals surface area contributed by atoms with E-state index in [1.165, 1.54) is 32.2 Å². The number of nitrogens with zero attached hydrogens (tertiary/aromatic N) is 3. The molecule has 0 bridgehead atoms. The van der Waals surface area contributed by atoms with E-state index in [2.05, 4.69) is 20.4 Å². The molecule has 2 aromatic carbocycles. The first-order chi connectivity index (χ1) is 16.6. The molecular formula is C25H24FN5O3S. The van der Waals surface area contributed by atoms with Gasteiger partial charge in [0.2, 0.25) is 0 Å². The van der Waals surface area contributed by atoms with E-state index in [9.17, 15) is 8.42 Å². The Hall–Kier alpha value is -3.63. The van der Waals surface area contributed by atoms with Gasteiger partial charge in [0, 0.05) is 29.3 Å². The monoisotopic (exact) mass is 493 g/mol. The molecule has 10 heteroatoms. The minimum Gasteiger partial charge on any atom is -0.382 e. The average molecular weight is 494 g/mol. The van der Waals surface area contributed by atoms with Crippen LogP contribution in [0.1, 0.15) is 31.1 Å². The van der Waals surface area contributed by atoms with Gasteiger partial charge >= 0.3 is 0 Å². The van der Waals surface area contributed by atoms with E-state index < -0.39 is 20.8 Å². The molecule has 8 nitrogen and oxygen atoms in total. The Morgan fingerprint density at radius 2 is 1.80 bits per heavy atom. The summed E-state index contributed by atoms with van der Waals surface area (Å²) < 4.78 is 44.5. The summed E-state index contributed by atoms with van der Waals surface area (Å²) in [4.78, 5) is 8.81. The van der Waals surface area contributed by atoms with Gasteiger partial charge < -0.3 is 15.6 Å². The maximum atomic E-state index is 15.1. The highest BCUT2D eigenvalue weighted by atomic mass is 32.2. The summed E-state index contributed by atoms with van der Waals surface area (Å²) in [5.41, 5.74) is 10.0. The second-order valence-corrected chi connectivity index (χ2v) is 11.5. The van der Waals surface area contributed by atoms with E-state index in [4.69, 9.17) is 10.3 Å². The van der Waals surface area contributed by atoms with E-state index in [-0.39, 0.29) is 16.3 Å². The molecule has 0 fully saturated rings. The zero-order valence-electron chi connectivity index (χ0n) is 19.4. The Balaban J connectivity index is 1.50. The van der Waals surface area contributed by atoms with E-state index in [0.29, 0.717) is 28.4 Å². The normalized spacial score (nSPS) is 17.9. The number of nitrogen functional groups attached to an aromatic ring is 1. The lowest BCUT2D eigenvalue weighted by Gasteiger charge is -2.19. The lowest BCUT2D eigenvalue weighted by atomic mass is 9.98. The van der Waals surface area contributed by atoms with E-state index in [0.717, 1.165) is 17.7 Å². The second kappa shape index (κ2) is 8.24. The first kappa shape index (κ1) is 23.1. The second-order valence-electron chi connectivity index (χ2n) is 9.01. The van der Waals surface area contributed by atoms with Crippen molar-refractivity contribution in [1.82, 2.24) is 20.4 Å². The standard InChI is InChI=1S/C25H24FN5O3S/c1-25(2)23(26)17-10-16(8-9-21(17)35(25,32)33)19-13-29-24(27)22(30-19)20-11-18(31-34-20)15-6-4-14(5-7-15)12-28-3/h4-11,13,23,28H,12H2,1-3H3,(H2,27,29). The van der Waals surface area contributed by atoms with E-state index >= 15 is 4.39 Å². The highest BCUT2D eigenvalue weighted by Gasteiger charge is 2.52. The fraction of sp³-hybridized carbons (Fsp3) is 0.240. The number of halogens is 1. The topological polar surface area (TPSA) is 124 Å². The molecule has 1 aliphatic heterocycles. The number of fused-ring (bicyclic) bond motifs is 1. The van der Waals surface area contributed by atoms with Crippen molar-refractivity contribution in [3.63, 3.8) is 0 Å². The Morgan fingerprint density at radius 1 is 1.09 bits per heavy atom. The van der Waals surface area contributed by atoms with Gasteiger partial charge in [-0.25, -0.2) is 22.8 Å². The molecule has 3 N–H and O–H groups in total. The van der Waals surface area contributed by atoms with Crippen LogP contribution in [-0.2, 0) is 16.4 Å². The van der Waals surface area contributed by atoms with Gasteiger partial charge in [-0.1, -0.05) is 35.5 Å². The number of aromatic nitrogens is 3. The number of nitrogens with two attached hydrogens (primary N) is 1. The molecule has 3 heterocycles. The highest BCUT2D eigenvalue weighted by molar-refractivity contribution is 7.93. The SMILES string of the molecule is CNCc1ccc(-c2cc(-c3nc(-c4ccc5c(c4)C(F)C(C)(C)S5(=O)=O)cnc3N)on2)cc1. The van der Waals surface area contributed by atoms with Gasteiger partial charge in [0.15, 0.2) is 27.1 Å². The largest absolute Gasteiger partial charge is 0.382 e. The van der Waals surface area contributed by atoms with Gasteiger partial charge in [-0.15, -0.1) is 0 Å². The van der Waals surface area contributed by atoms with Crippen molar-refractivity contribution >= 4 is 15.7 Å². The van der Waals surface area contributed by atoms with Crippen molar-refractivity contribution < 1.29 is 17.3 Å². The zero-order chi connectivity index (χ0) is 25.0. The number of alkyl halides is 1. The van der Waals surface area contributed by atoms with Crippen LogP contribution in [0, 0.1) is 0 Å². The Morgan fingerprint density at radius 3 is 2.51 bits per heavy atom. The smallest absolute Gasteiger partial charge is 0.189 e. The predicted octanol–water partition coefficient (Wildman–Crippen LogP) is 4.34. The van der Waals surface area contributed by atoms with Gasteiger partial charge in [0.25, 0.3) is 0 Å². The highest BCUT2D eigenvalue weighted by Crippen LogP contribution is 2.49. The predicted molar refractivity (Wildman–Crippen MR) is 131 cm³/mol. The number of hydrogen-bond acceptors (Lipinski definition) is 8. The Kier molecular flexibility index (Phi) is 5.45. The van der Waals surface area contributed by atoms with Crippen LogP contribution < -0.4 is 11.1 Å². The van der Waals surface area contributed by atoms with Crippen molar-refractivity contribution in [2.75, 3.05) is 12.8 Å². The molecule has 5 rings (SSSR count). The molecule has 0 radical (unpaired) electrons. The third-order valence-electron chi connectivity index (χ3n) is 6.35. The molecule has 0 saturated heterocycles. The summed E-state index contributed by atoms with van der Waals surface area (Å²) in [7, 11) is -1.89. The average Bonchev–Trinajstić information content (AvgIpc) is 3.38. The lowest BCUT2D eigenvalue weighted by molar-refractivity contribution is 0.284. The van der Waals surface area contributed by atoms with E-state index in [1.54, 1.807) is 12.1 Å². The molecule has 2 aromatic heterocycles. The van der Waals surface area contributed by atoms with E-state index in [1.807, 2.05) is 31.3 Å². The van der Waals surface area contributed by atoms with Crippen LogP contribution in [0.15, 0.2) is 64.1 Å². The Labute approximate surface area is 202 Å². The molecule has 0 amide bonds. The zero-order valence-corrected chi connectivity index (χ0v) is 20.2. The van der Waals surface area contributed by atoms with Crippen LogP contribution in [0.4, 0.5) is 10.2 Å². The van der Waals surface area contributed by atoms with Crippen LogP contribution in [-0.4, -0.2) is 35.3 Å². The van der Waals surface area contributed by atoms with Crippen LogP contribution in [0.5, 0.6) is 0 Å². The summed E-state index contributed by atoms with van der Waals surface area (Å²) in [5, 5.41) is 7.24. The molecule has 0 spiro atoms. The Bertz CT molecular complexity index is 1530. The summed E-state index contributed by atoms with van der Waals surface area (Å²) in [6, 6.07) is 14.2. The first-order valence-corrected chi connectivity index (χ1v) is 12.5. The fourth-order valence-corrected chi connectivity index (χ4v) is 5.87. The number of rotatable bonds is 5. The van der Waals surface area contributed by atoms with Crippen LogP contribution in [0.3, 0.4) is 0 Å². The summed E-state index contributed by atoms with van der Waals surface area (Å²) in [6.45, 7) is 3.55. The summed E-state index contributed by atoms with van der Waals surface area (Å²) in [6.07, 6.45) is -0.194.